The van der Waals surface area contributed by atoms with Gasteiger partial charge in [0.25, 0.3) is 0 Å². The van der Waals surface area contributed by atoms with Gasteiger partial charge in [-0.15, -0.1) is 0 Å². The predicted molar refractivity (Wildman–Crippen MR) is 95.5 cm³/mol. The number of aromatic nitrogens is 2. The van der Waals surface area contributed by atoms with Crippen molar-refractivity contribution in [3.63, 3.8) is 0 Å². The first-order valence-corrected chi connectivity index (χ1v) is 7.78. The third-order valence-electron chi connectivity index (χ3n) is 3.14. The van der Waals surface area contributed by atoms with Crippen LogP contribution in [0.3, 0.4) is 0 Å². The molecule has 0 aliphatic heterocycles. The van der Waals surface area contributed by atoms with Crippen molar-refractivity contribution in [3.8, 4) is 0 Å². The van der Waals surface area contributed by atoms with E-state index in [4.69, 9.17) is 23.2 Å². The zero-order valence-corrected chi connectivity index (χ0v) is 13.6. The summed E-state index contributed by atoms with van der Waals surface area (Å²) in [5.74, 6) is 1.26. The molecule has 0 fully saturated rings. The molecule has 0 bridgehead atoms. The lowest BCUT2D eigenvalue weighted by atomic mass is 10.2. The number of rotatable bonds is 5. The summed E-state index contributed by atoms with van der Waals surface area (Å²) in [7, 11) is 0. The van der Waals surface area contributed by atoms with Crippen LogP contribution in [-0.4, -0.2) is 9.97 Å². The van der Waals surface area contributed by atoms with Gasteiger partial charge in [0.2, 0.25) is 5.95 Å². The standard InChI is InChI=1S/C17H14Cl2N4/c18-13-3-1-12(2-4-13)11-21-16-9-10-20-17(23-16)22-15-7-5-14(19)6-8-15/h1-10H,11H2,(H2,20,21,22,23). The molecule has 0 spiro atoms. The Labute approximate surface area is 144 Å². The molecule has 0 amide bonds. The molecule has 3 rings (SSSR count). The van der Waals surface area contributed by atoms with Crippen LogP contribution in [0, 0.1) is 0 Å². The first kappa shape index (κ1) is 15.6. The second-order valence-corrected chi connectivity index (χ2v) is 5.75. The number of anilines is 3. The van der Waals surface area contributed by atoms with Gasteiger partial charge >= 0.3 is 0 Å². The maximum absolute atomic E-state index is 5.88. The average Bonchev–Trinajstić information content (AvgIpc) is 2.57. The average molecular weight is 345 g/mol. The van der Waals surface area contributed by atoms with E-state index in [1.807, 2.05) is 54.6 Å². The zero-order chi connectivity index (χ0) is 16.1. The smallest absolute Gasteiger partial charge is 0.229 e. The molecule has 0 atom stereocenters. The van der Waals surface area contributed by atoms with E-state index in [9.17, 15) is 0 Å². The molecule has 6 heteroatoms. The third kappa shape index (κ3) is 4.58. The molecule has 3 aromatic rings. The van der Waals surface area contributed by atoms with Crippen molar-refractivity contribution in [2.45, 2.75) is 6.54 Å². The predicted octanol–water partition coefficient (Wildman–Crippen LogP) is 5.14. The van der Waals surface area contributed by atoms with E-state index in [1.165, 1.54) is 0 Å². The number of hydrogen-bond donors (Lipinski definition) is 2. The van der Waals surface area contributed by atoms with Gasteiger partial charge in [-0.3, -0.25) is 0 Å². The fraction of sp³-hybridized carbons (Fsp3) is 0.0588. The highest BCUT2D eigenvalue weighted by Crippen LogP contribution is 2.17. The lowest BCUT2D eigenvalue weighted by Crippen LogP contribution is -2.04. The molecule has 0 saturated carbocycles. The van der Waals surface area contributed by atoms with Gasteiger partial charge in [-0.05, 0) is 48.0 Å². The Morgan fingerprint density at radius 3 is 2.17 bits per heavy atom. The van der Waals surface area contributed by atoms with Gasteiger partial charge in [0, 0.05) is 28.5 Å². The molecule has 0 aliphatic rings. The number of benzene rings is 2. The van der Waals surface area contributed by atoms with Gasteiger partial charge in [0.1, 0.15) is 5.82 Å². The fourth-order valence-electron chi connectivity index (χ4n) is 1.97. The van der Waals surface area contributed by atoms with Crippen molar-refractivity contribution in [2.24, 2.45) is 0 Å². The third-order valence-corrected chi connectivity index (χ3v) is 3.65. The molecule has 23 heavy (non-hydrogen) atoms. The van der Waals surface area contributed by atoms with Crippen LogP contribution in [0.1, 0.15) is 5.56 Å². The highest BCUT2D eigenvalue weighted by atomic mass is 35.5. The van der Waals surface area contributed by atoms with Gasteiger partial charge in [-0.2, -0.15) is 4.98 Å². The van der Waals surface area contributed by atoms with Crippen LogP contribution in [0.2, 0.25) is 10.0 Å². The summed E-state index contributed by atoms with van der Waals surface area (Å²) in [6.45, 7) is 0.661. The van der Waals surface area contributed by atoms with E-state index in [1.54, 1.807) is 6.20 Å². The second kappa shape index (κ2) is 7.31. The van der Waals surface area contributed by atoms with Crippen molar-refractivity contribution < 1.29 is 0 Å². The van der Waals surface area contributed by atoms with Crippen molar-refractivity contribution in [3.05, 3.63) is 76.4 Å². The van der Waals surface area contributed by atoms with Crippen LogP contribution in [0.25, 0.3) is 0 Å². The van der Waals surface area contributed by atoms with Gasteiger partial charge in [0.05, 0.1) is 0 Å². The van der Waals surface area contributed by atoms with E-state index in [0.29, 0.717) is 17.5 Å². The summed E-state index contributed by atoms with van der Waals surface area (Å²) in [6, 6.07) is 16.9. The fourth-order valence-corrected chi connectivity index (χ4v) is 2.23. The topological polar surface area (TPSA) is 49.8 Å². The van der Waals surface area contributed by atoms with Crippen molar-refractivity contribution in [1.82, 2.24) is 9.97 Å². The van der Waals surface area contributed by atoms with Gasteiger partial charge in [-0.25, -0.2) is 4.98 Å². The van der Waals surface area contributed by atoms with E-state index < -0.39 is 0 Å². The molecule has 1 heterocycles. The Morgan fingerprint density at radius 1 is 0.826 bits per heavy atom. The van der Waals surface area contributed by atoms with Crippen LogP contribution in [-0.2, 0) is 6.54 Å². The van der Waals surface area contributed by atoms with Crippen LogP contribution in [0.5, 0.6) is 0 Å². The number of hydrogen-bond acceptors (Lipinski definition) is 4. The quantitative estimate of drug-likeness (QED) is 0.672. The van der Waals surface area contributed by atoms with Crippen molar-refractivity contribution >= 4 is 40.7 Å². The lowest BCUT2D eigenvalue weighted by Gasteiger charge is -2.08. The number of nitrogens with one attached hydrogen (secondary N) is 2. The Kier molecular flexibility index (Phi) is 4.95. The van der Waals surface area contributed by atoms with E-state index in [0.717, 1.165) is 22.1 Å². The maximum Gasteiger partial charge on any atom is 0.229 e. The molecule has 0 saturated heterocycles. The first-order valence-electron chi connectivity index (χ1n) is 7.03. The van der Waals surface area contributed by atoms with E-state index >= 15 is 0 Å². The summed E-state index contributed by atoms with van der Waals surface area (Å²) >= 11 is 11.8. The lowest BCUT2D eigenvalue weighted by molar-refractivity contribution is 1.08. The minimum atomic E-state index is 0.522. The molecule has 0 unspecified atom stereocenters. The molecular weight excluding hydrogens is 331 g/mol. The number of nitrogens with zero attached hydrogens (tertiary/aromatic N) is 2. The second-order valence-electron chi connectivity index (χ2n) is 4.88. The van der Waals surface area contributed by atoms with Crippen LogP contribution in [0.4, 0.5) is 17.5 Å². The van der Waals surface area contributed by atoms with E-state index in [2.05, 4.69) is 20.6 Å². The SMILES string of the molecule is Clc1ccc(CNc2ccnc(Nc3ccc(Cl)cc3)n2)cc1. The molecule has 1 aromatic heterocycles. The summed E-state index contributed by atoms with van der Waals surface area (Å²) in [5.41, 5.74) is 2.00. The molecule has 2 aromatic carbocycles. The maximum atomic E-state index is 5.88. The summed E-state index contributed by atoms with van der Waals surface area (Å²) in [6.07, 6.45) is 1.70. The molecule has 4 nitrogen and oxygen atoms in total. The molecule has 0 radical (unpaired) electrons. The molecular formula is C17H14Cl2N4. The van der Waals surface area contributed by atoms with Crippen LogP contribution in [0.15, 0.2) is 60.8 Å². The summed E-state index contributed by atoms with van der Waals surface area (Å²) < 4.78 is 0. The Balaban J connectivity index is 1.65. The summed E-state index contributed by atoms with van der Waals surface area (Å²) in [4.78, 5) is 8.64. The van der Waals surface area contributed by atoms with Crippen LogP contribution < -0.4 is 10.6 Å². The minimum Gasteiger partial charge on any atom is -0.366 e. The molecule has 116 valence electrons. The zero-order valence-electron chi connectivity index (χ0n) is 12.1. The van der Waals surface area contributed by atoms with Gasteiger partial charge in [-0.1, -0.05) is 35.3 Å². The Morgan fingerprint density at radius 2 is 1.48 bits per heavy atom. The van der Waals surface area contributed by atoms with Gasteiger partial charge in [0.15, 0.2) is 0 Å². The van der Waals surface area contributed by atoms with Gasteiger partial charge < -0.3 is 10.6 Å². The highest BCUT2D eigenvalue weighted by Gasteiger charge is 2.01. The first-order chi connectivity index (χ1) is 11.2. The van der Waals surface area contributed by atoms with Crippen molar-refractivity contribution in [1.29, 1.82) is 0 Å². The Hall–Kier alpha value is -2.30. The molecule has 2 N–H and O–H groups in total. The van der Waals surface area contributed by atoms with Crippen LogP contribution >= 0.6 is 23.2 Å². The van der Waals surface area contributed by atoms with E-state index in [-0.39, 0.29) is 0 Å². The normalized spacial score (nSPS) is 10.3. The largest absolute Gasteiger partial charge is 0.366 e. The monoisotopic (exact) mass is 344 g/mol. The highest BCUT2D eigenvalue weighted by molar-refractivity contribution is 6.30. The molecule has 0 aliphatic carbocycles. The summed E-state index contributed by atoms with van der Waals surface area (Å²) in [5, 5.41) is 7.82. The van der Waals surface area contributed by atoms with Crippen molar-refractivity contribution in [2.75, 3.05) is 10.6 Å². The number of halogens is 2. The minimum absolute atomic E-state index is 0.522. The Bertz CT molecular complexity index is 773.